The predicted octanol–water partition coefficient (Wildman–Crippen LogP) is 2.50. The zero-order valence-electron chi connectivity index (χ0n) is 12.9. The van der Waals surface area contributed by atoms with Crippen molar-refractivity contribution in [1.82, 2.24) is 14.9 Å². The van der Waals surface area contributed by atoms with Crippen LogP contribution in [0.2, 0.25) is 0 Å². The molecule has 1 fully saturated rings. The minimum Gasteiger partial charge on any atom is -0.367 e. The van der Waals surface area contributed by atoms with Gasteiger partial charge in [0, 0.05) is 30.9 Å². The van der Waals surface area contributed by atoms with Gasteiger partial charge in [-0.25, -0.2) is 4.98 Å². The molecule has 2 rings (SSSR count). The summed E-state index contributed by atoms with van der Waals surface area (Å²) in [6.07, 6.45) is 6.54. The SMILES string of the molecule is Cc1cc(NC2CCCCC2)nc(NCCN(C)C)n1. The van der Waals surface area contributed by atoms with Crippen LogP contribution < -0.4 is 10.6 Å². The molecule has 112 valence electrons. The molecule has 2 N–H and O–H groups in total. The van der Waals surface area contributed by atoms with Gasteiger partial charge in [0.15, 0.2) is 0 Å². The van der Waals surface area contributed by atoms with E-state index >= 15 is 0 Å². The second-order valence-electron chi connectivity index (χ2n) is 5.93. The van der Waals surface area contributed by atoms with Crippen LogP contribution >= 0.6 is 0 Å². The second-order valence-corrected chi connectivity index (χ2v) is 5.93. The zero-order chi connectivity index (χ0) is 14.4. The number of aromatic nitrogens is 2. The van der Waals surface area contributed by atoms with E-state index in [1.807, 2.05) is 13.0 Å². The van der Waals surface area contributed by atoms with E-state index in [-0.39, 0.29) is 0 Å². The molecule has 0 aromatic carbocycles. The van der Waals surface area contributed by atoms with E-state index < -0.39 is 0 Å². The van der Waals surface area contributed by atoms with Gasteiger partial charge in [-0.15, -0.1) is 0 Å². The molecule has 1 aromatic heterocycles. The van der Waals surface area contributed by atoms with Crippen molar-refractivity contribution in [2.75, 3.05) is 37.8 Å². The number of nitrogens with zero attached hydrogens (tertiary/aromatic N) is 3. The third kappa shape index (κ3) is 4.96. The number of aryl methyl sites for hydroxylation is 1. The van der Waals surface area contributed by atoms with Crippen molar-refractivity contribution in [3.05, 3.63) is 11.8 Å². The lowest BCUT2D eigenvalue weighted by Gasteiger charge is -2.23. The molecule has 0 radical (unpaired) electrons. The van der Waals surface area contributed by atoms with E-state index in [2.05, 4.69) is 39.6 Å². The Morgan fingerprint density at radius 2 is 1.95 bits per heavy atom. The lowest BCUT2D eigenvalue weighted by Crippen LogP contribution is -2.24. The number of anilines is 2. The van der Waals surface area contributed by atoms with Crippen LogP contribution in [0.25, 0.3) is 0 Å². The van der Waals surface area contributed by atoms with Crippen molar-refractivity contribution >= 4 is 11.8 Å². The van der Waals surface area contributed by atoms with E-state index in [0.29, 0.717) is 6.04 Å². The van der Waals surface area contributed by atoms with E-state index in [9.17, 15) is 0 Å². The van der Waals surface area contributed by atoms with Gasteiger partial charge in [0.05, 0.1) is 0 Å². The van der Waals surface area contributed by atoms with Gasteiger partial charge in [-0.05, 0) is 33.9 Å². The molecule has 5 nitrogen and oxygen atoms in total. The minimum absolute atomic E-state index is 0.577. The summed E-state index contributed by atoms with van der Waals surface area (Å²) in [6.45, 7) is 3.85. The van der Waals surface area contributed by atoms with Gasteiger partial charge >= 0.3 is 0 Å². The van der Waals surface area contributed by atoms with Crippen molar-refractivity contribution in [3.63, 3.8) is 0 Å². The molecule has 0 aliphatic heterocycles. The Morgan fingerprint density at radius 3 is 2.65 bits per heavy atom. The van der Waals surface area contributed by atoms with E-state index in [1.54, 1.807) is 0 Å². The van der Waals surface area contributed by atoms with Gasteiger partial charge in [0.25, 0.3) is 0 Å². The standard InChI is InChI=1S/C15H27N5/c1-12-11-14(18-13-7-5-4-6-8-13)19-15(17-12)16-9-10-20(2)3/h11,13H,4-10H2,1-3H3,(H2,16,17,18,19). The number of hydrogen-bond acceptors (Lipinski definition) is 5. The maximum Gasteiger partial charge on any atom is 0.224 e. The van der Waals surface area contributed by atoms with Crippen LogP contribution in [0.4, 0.5) is 11.8 Å². The van der Waals surface area contributed by atoms with Gasteiger partial charge in [0.2, 0.25) is 5.95 Å². The fraction of sp³-hybridized carbons (Fsp3) is 0.733. The van der Waals surface area contributed by atoms with Crippen LogP contribution in [0.5, 0.6) is 0 Å². The first-order valence-electron chi connectivity index (χ1n) is 7.64. The molecule has 0 unspecified atom stereocenters. The smallest absolute Gasteiger partial charge is 0.224 e. The van der Waals surface area contributed by atoms with Gasteiger partial charge in [0.1, 0.15) is 5.82 Å². The molecule has 1 aliphatic rings. The highest BCUT2D eigenvalue weighted by atomic mass is 15.2. The maximum atomic E-state index is 4.57. The average Bonchev–Trinajstić information content (AvgIpc) is 2.38. The topological polar surface area (TPSA) is 53.1 Å². The molecule has 0 bridgehead atoms. The summed E-state index contributed by atoms with van der Waals surface area (Å²) in [5, 5.41) is 6.85. The summed E-state index contributed by atoms with van der Waals surface area (Å²) in [6, 6.07) is 2.61. The van der Waals surface area contributed by atoms with E-state index in [1.165, 1.54) is 32.1 Å². The Bertz CT molecular complexity index is 413. The Labute approximate surface area is 122 Å². The monoisotopic (exact) mass is 277 g/mol. The normalized spacial score (nSPS) is 16.4. The summed E-state index contributed by atoms with van der Waals surface area (Å²) < 4.78 is 0. The molecule has 0 spiro atoms. The van der Waals surface area contributed by atoms with Crippen molar-refractivity contribution in [2.24, 2.45) is 0 Å². The Morgan fingerprint density at radius 1 is 1.20 bits per heavy atom. The van der Waals surface area contributed by atoms with Crippen LogP contribution in [-0.2, 0) is 0 Å². The highest BCUT2D eigenvalue weighted by Crippen LogP contribution is 2.21. The molecule has 1 heterocycles. The van der Waals surface area contributed by atoms with Crippen molar-refractivity contribution < 1.29 is 0 Å². The predicted molar refractivity (Wildman–Crippen MR) is 84.3 cm³/mol. The van der Waals surface area contributed by atoms with Crippen molar-refractivity contribution in [2.45, 2.75) is 45.1 Å². The third-order valence-corrected chi connectivity index (χ3v) is 3.65. The first kappa shape index (κ1) is 15.0. The minimum atomic E-state index is 0.577. The zero-order valence-corrected chi connectivity index (χ0v) is 12.9. The molecule has 5 heteroatoms. The summed E-state index contributed by atoms with van der Waals surface area (Å²) in [4.78, 5) is 11.2. The van der Waals surface area contributed by atoms with Crippen LogP contribution in [0.1, 0.15) is 37.8 Å². The number of nitrogens with one attached hydrogen (secondary N) is 2. The van der Waals surface area contributed by atoms with Gasteiger partial charge in [-0.2, -0.15) is 4.98 Å². The Kier molecular flexibility index (Phi) is 5.59. The fourth-order valence-electron chi connectivity index (χ4n) is 2.57. The summed E-state index contributed by atoms with van der Waals surface area (Å²) in [5.41, 5.74) is 1.01. The molecule has 1 aromatic rings. The van der Waals surface area contributed by atoms with Crippen LogP contribution in [-0.4, -0.2) is 48.1 Å². The third-order valence-electron chi connectivity index (χ3n) is 3.65. The number of hydrogen-bond donors (Lipinski definition) is 2. The Balaban J connectivity index is 1.93. The molecule has 0 atom stereocenters. The Hall–Kier alpha value is -1.36. The molecule has 0 saturated heterocycles. The lowest BCUT2D eigenvalue weighted by molar-refractivity contribution is 0.425. The number of rotatable bonds is 6. The summed E-state index contributed by atoms with van der Waals surface area (Å²) in [5.74, 6) is 1.68. The first-order chi connectivity index (χ1) is 9.63. The summed E-state index contributed by atoms with van der Waals surface area (Å²) in [7, 11) is 4.13. The second kappa shape index (κ2) is 7.43. The summed E-state index contributed by atoms with van der Waals surface area (Å²) >= 11 is 0. The highest BCUT2D eigenvalue weighted by molar-refractivity contribution is 5.42. The largest absolute Gasteiger partial charge is 0.367 e. The molecular weight excluding hydrogens is 250 g/mol. The average molecular weight is 277 g/mol. The van der Waals surface area contributed by atoms with Crippen LogP contribution in [0.3, 0.4) is 0 Å². The highest BCUT2D eigenvalue weighted by Gasteiger charge is 2.14. The first-order valence-corrected chi connectivity index (χ1v) is 7.64. The quantitative estimate of drug-likeness (QED) is 0.837. The molecular formula is C15H27N5. The molecule has 1 saturated carbocycles. The van der Waals surface area contributed by atoms with Gasteiger partial charge in [-0.3, -0.25) is 0 Å². The van der Waals surface area contributed by atoms with E-state index in [4.69, 9.17) is 0 Å². The van der Waals surface area contributed by atoms with Crippen molar-refractivity contribution in [1.29, 1.82) is 0 Å². The van der Waals surface area contributed by atoms with Gasteiger partial charge < -0.3 is 15.5 Å². The van der Waals surface area contributed by atoms with Crippen LogP contribution in [0, 0.1) is 6.92 Å². The van der Waals surface area contributed by atoms with E-state index in [0.717, 1.165) is 30.5 Å². The molecule has 1 aliphatic carbocycles. The van der Waals surface area contributed by atoms with Gasteiger partial charge in [-0.1, -0.05) is 19.3 Å². The molecule has 0 amide bonds. The molecule has 20 heavy (non-hydrogen) atoms. The maximum absolute atomic E-state index is 4.57. The number of likely N-dealkylation sites (N-methyl/N-ethyl adjacent to an activating group) is 1. The van der Waals surface area contributed by atoms with Crippen LogP contribution in [0.15, 0.2) is 6.07 Å². The van der Waals surface area contributed by atoms with Crippen molar-refractivity contribution in [3.8, 4) is 0 Å². The fourth-order valence-corrected chi connectivity index (χ4v) is 2.57. The lowest BCUT2D eigenvalue weighted by atomic mass is 9.95.